The normalized spacial score (nSPS) is 17.1. The number of hydrogen-bond donors (Lipinski definition) is 6. The molecule has 1 saturated heterocycles. The molecular formula is C39H54N6O10. The number of aliphatic hydroxyl groups is 1. The van der Waals surface area contributed by atoms with E-state index in [0.717, 1.165) is 0 Å². The number of hydrogen-bond acceptors (Lipinski definition) is 10. The zero-order chi connectivity index (χ0) is 40.7. The molecule has 2 aromatic carbocycles. The molecule has 0 aliphatic carbocycles. The van der Waals surface area contributed by atoms with E-state index in [4.69, 9.17) is 15.2 Å². The number of carbonyl (C=O) groups is 7. The molecule has 3 rings (SSSR count). The molecule has 16 heteroatoms. The molecule has 3 unspecified atom stereocenters. The highest BCUT2D eigenvalue weighted by Gasteiger charge is 2.42. The van der Waals surface area contributed by atoms with Crippen molar-refractivity contribution in [3.8, 4) is 0 Å². The third-order valence-corrected chi connectivity index (χ3v) is 9.54. The topological polar surface area (TPSA) is 236 Å². The van der Waals surface area contributed by atoms with E-state index >= 15 is 0 Å². The SMILES string of the molecule is CCC(C)[C@H](NC(=O)[C@@H]1CCCN1C(=O)C(O)C(Cc1ccccc1)NC(=O)[C@H](CC(N)=O)NC(=O)OCc1ccccc1)C(=O)N[C@H](C(=O)OC)C(C)C. The maximum Gasteiger partial charge on any atom is 0.408 e. The van der Waals surface area contributed by atoms with Gasteiger partial charge in [0, 0.05) is 6.54 Å². The zero-order valence-electron chi connectivity index (χ0n) is 32.0. The molecule has 1 heterocycles. The van der Waals surface area contributed by atoms with E-state index in [1.807, 2.05) is 6.92 Å². The third-order valence-electron chi connectivity index (χ3n) is 9.54. The van der Waals surface area contributed by atoms with Gasteiger partial charge in [0.2, 0.25) is 23.6 Å². The van der Waals surface area contributed by atoms with E-state index in [9.17, 15) is 38.7 Å². The fraction of sp³-hybridized carbons (Fsp3) is 0.513. The van der Waals surface area contributed by atoms with Crippen LogP contribution in [-0.4, -0.2) is 102 Å². The largest absolute Gasteiger partial charge is 0.467 e. The summed E-state index contributed by atoms with van der Waals surface area (Å²) in [6.45, 7) is 7.11. The van der Waals surface area contributed by atoms with Crippen molar-refractivity contribution in [1.82, 2.24) is 26.2 Å². The highest BCUT2D eigenvalue weighted by Crippen LogP contribution is 2.22. The number of amides is 6. The number of alkyl carbamates (subject to hydrolysis) is 1. The molecule has 1 aliphatic heterocycles. The number of nitrogens with zero attached hydrogens (tertiary/aromatic N) is 1. The summed E-state index contributed by atoms with van der Waals surface area (Å²) in [5.41, 5.74) is 6.72. The van der Waals surface area contributed by atoms with Gasteiger partial charge in [0.05, 0.1) is 19.6 Å². The van der Waals surface area contributed by atoms with E-state index < -0.39 is 84.3 Å². The fourth-order valence-corrected chi connectivity index (χ4v) is 6.17. The summed E-state index contributed by atoms with van der Waals surface area (Å²) in [5, 5.41) is 22.0. The second kappa shape index (κ2) is 21.4. The van der Waals surface area contributed by atoms with Crippen LogP contribution in [0, 0.1) is 11.8 Å². The van der Waals surface area contributed by atoms with E-state index in [1.165, 1.54) is 12.0 Å². The highest BCUT2D eigenvalue weighted by atomic mass is 16.5. The number of benzene rings is 2. The number of esters is 1. The number of nitrogens with one attached hydrogen (secondary N) is 4. The van der Waals surface area contributed by atoms with Crippen LogP contribution in [0.4, 0.5) is 4.79 Å². The molecule has 0 bridgehead atoms. The number of aliphatic hydroxyl groups excluding tert-OH is 1. The summed E-state index contributed by atoms with van der Waals surface area (Å²) in [5.74, 6) is -5.15. The smallest absolute Gasteiger partial charge is 0.408 e. The third kappa shape index (κ3) is 13.1. The van der Waals surface area contributed by atoms with Gasteiger partial charge in [-0.1, -0.05) is 94.8 Å². The predicted molar refractivity (Wildman–Crippen MR) is 200 cm³/mol. The van der Waals surface area contributed by atoms with Crippen LogP contribution in [0.5, 0.6) is 0 Å². The lowest BCUT2D eigenvalue weighted by atomic mass is 9.96. The second-order valence-corrected chi connectivity index (χ2v) is 14.0. The van der Waals surface area contributed by atoms with Gasteiger partial charge in [-0.15, -0.1) is 0 Å². The standard InChI is InChI=1S/C39H54N6O10/c1-6-24(4)32(36(50)43-31(23(2)3)38(52)54-5)44-35(49)29-18-13-19-45(29)37(51)33(47)27(20-25-14-9-7-10-15-25)41-34(48)28(21-30(40)46)42-39(53)55-22-26-16-11-8-12-17-26/h7-12,14-17,23-24,27-29,31-33,47H,6,13,18-22H2,1-5H3,(H2,40,46)(H,41,48)(H,42,53)(H,43,50)(H,44,49)/t24?,27?,28-,29-,31-,32-,33?/m0/s1. The predicted octanol–water partition coefficient (Wildman–Crippen LogP) is 1.08. The summed E-state index contributed by atoms with van der Waals surface area (Å²) >= 11 is 0. The van der Waals surface area contributed by atoms with Gasteiger partial charge in [-0.25, -0.2) is 9.59 Å². The molecule has 2 aromatic rings. The average molecular weight is 767 g/mol. The van der Waals surface area contributed by atoms with E-state index in [0.29, 0.717) is 24.0 Å². The van der Waals surface area contributed by atoms with Crippen molar-refractivity contribution < 1.29 is 48.1 Å². The molecule has 7 atom stereocenters. The van der Waals surface area contributed by atoms with Crippen molar-refractivity contribution in [1.29, 1.82) is 0 Å². The molecule has 0 spiro atoms. The van der Waals surface area contributed by atoms with Gasteiger partial charge in [0.15, 0.2) is 6.10 Å². The molecular weight excluding hydrogens is 712 g/mol. The minimum atomic E-state index is -1.88. The highest BCUT2D eigenvalue weighted by molar-refractivity contribution is 5.95. The number of rotatable bonds is 19. The van der Waals surface area contributed by atoms with Crippen LogP contribution in [0.2, 0.25) is 0 Å². The average Bonchev–Trinajstić information content (AvgIpc) is 3.67. The van der Waals surface area contributed by atoms with Crippen molar-refractivity contribution >= 4 is 41.6 Å². The van der Waals surface area contributed by atoms with Gasteiger partial charge >= 0.3 is 12.1 Å². The number of ether oxygens (including phenoxy) is 2. The molecule has 0 aromatic heterocycles. The molecule has 0 radical (unpaired) electrons. The number of likely N-dealkylation sites (tertiary alicyclic amines) is 1. The van der Waals surface area contributed by atoms with Crippen LogP contribution in [0.1, 0.15) is 64.5 Å². The number of methoxy groups -OCH3 is 1. The Morgan fingerprint density at radius 1 is 0.855 bits per heavy atom. The Kier molecular flexibility index (Phi) is 17.1. The summed E-state index contributed by atoms with van der Waals surface area (Å²) in [6.07, 6.45) is -2.36. The van der Waals surface area contributed by atoms with E-state index in [-0.39, 0.29) is 37.8 Å². The number of nitrogens with two attached hydrogens (primary N) is 1. The summed E-state index contributed by atoms with van der Waals surface area (Å²) < 4.78 is 10.1. The first-order chi connectivity index (χ1) is 26.2. The van der Waals surface area contributed by atoms with Crippen LogP contribution in [0.25, 0.3) is 0 Å². The summed E-state index contributed by atoms with van der Waals surface area (Å²) in [4.78, 5) is 93.0. The van der Waals surface area contributed by atoms with Crippen LogP contribution in [-0.2, 0) is 51.3 Å². The van der Waals surface area contributed by atoms with Crippen molar-refractivity contribution in [2.45, 2.75) is 103 Å². The van der Waals surface area contributed by atoms with Gasteiger partial charge in [-0.3, -0.25) is 24.0 Å². The lowest BCUT2D eigenvalue weighted by Gasteiger charge is -2.32. The van der Waals surface area contributed by atoms with Crippen molar-refractivity contribution in [2.24, 2.45) is 17.6 Å². The number of primary amides is 1. The summed E-state index contributed by atoms with van der Waals surface area (Å²) in [7, 11) is 1.22. The van der Waals surface area contributed by atoms with Crippen LogP contribution in [0.3, 0.4) is 0 Å². The molecule has 6 amide bonds. The van der Waals surface area contributed by atoms with E-state index in [2.05, 4.69) is 21.3 Å². The Bertz CT molecular complexity index is 1630. The van der Waals surface area contributed by atoms with Gasteiger partial charge < -0.3 is 46.5 Å². The van der Waals surface area contributed by atoms with Crippen LogP contribution in [0.15, 0.2) is 60.7 Å². The molecule has 7 N–H and O–H groups in total. The lowest BCUT2D eigenvalue weighted by molar-refractivity contribution is -0.148. The minimum Gasteiger partial charge on any atom is -0.467 e. The summed E-state index contributed by atoms with van der Waals surface area (Å²) in [6, 6.07) is 11.6. The molecule has 16 nitrogen and oxygen atoms in total. The first-order valence-electron chi connectivity index (χ1n) is 18.4. The van der Waals surface area contributed by atoms with Gasteiger partial charge in [-0.05, 0) is 42.2 Å². The quantitative estimate of drug-likeness (QED) is 0.111. The Balaban J connectivity index is 1.80. The Hall–Kier alpha value is -5.51. The van der Waals surface area contributed by atoms with Crippen LogP contribution < -0.4 is 27.0 Å². The van der Waals surface area contributed by atoms with Crippen molar-refractivity contribution in [2.75, 3.05) is 13.7 Å². The van der Waals surface area contributed by atoms with E-state index in [1.54, 1.807) is 81.4 Å². The maximum atomic E-state index is 14.0. The Morgan fingerprint density at radius 3 is 2.04 bits per heavy atom. The molecule has 55 heavy (non-hydrogen) atoms. The van der Waals surface area contributed by atoms with Crippen LogP contribution >= 0.6 is 0 Å². The maximum absolute atomic E-state index is 14.0. The molecule has 1 fully saturated rings. The van der Waals surface area contributed by atoms with Crippen molar-refractivity contribution in [3.63, 3.8) is 0 Å². The second-order valence-electron chi connectivity index (χ2n) is 14.0. The molecule has 0 saturated carbocycles. The number of carbonyl (C=O) groups excluding carboxylic acids is 7. The monoisotopic (exact) mass is 766 g/mol. The first-order valence-corrected chi connectivity index (χ1v) is 18.4. The first kappa shape index (κ1) is 43.9. The lowest BCUT2D eigenvalue weighted by Crippen LogP contribution is -2.60. The molecule has 300 valence electrons. The zero-order valence-corrected chi connectivity index (χ0v) is 32.0. The van der Waals surface area contributed by atoms with Crippen molar-refractivity contribution in [3.05, 3.63) is 71.8 Å². The fourth-order valence-electron chi connectivity index (χ4n) is 6.17. The van der Waals surface area contributed by atoms with Gasteiger partial charge in [0.25, 0.3) is 5.91 Å². The Morgan fingerprint density at radius 2 is 1.47 bits per heavy atom. The van der Waals surface area contributed by atoms with Gasteiger partial charge in [0.1, 0.15) is 30.8 Å². The van der Waals surface area contributed by atoms with Gasteiger partial charge in [-0.2, -0.15) is 0 Å². The Labute approximate surface area is 321 Å². The molecule has 1 aliphatic rings. The minimum absolute atomic E-state index is 0.0423.